The highest BCUT2D eigenvalue weighted by Gasteiger charge is 2.19. The van der Waals surface area contributed by atoms with Crippen molar-refractivity contribution in [2.45, 2.75) is 123 Å². The van der Waals surface area contributed by atoms with Crippen LogP contribution in [0.3, 0.4) is 0 Å². The molecule has 0 atom stereocenters. The lowest BCUT2D eigenvalue weighted by Crippen LogP contribution is -2.13. The van der Waals surface area contributed by atoms with Gasteiger partial charge in [0.05, 0.1) is 6.61 Å². The molecule has 0 heterocycles. The van der Waals surface area contributed by atoms with Crippen LogP contribution < -0.4 is 4.74 Å². The van der Waals surface area contributed by atoms with Crippen molar-refractivity contribution in [2.75, 3.05) is 6.61 Å². The normalized spacial score (nSPS) is 11.7. The van der Waals surface area contributed by atoms with Gasteiger partial charge in [0.15, 0.2) is 0 Å². The molecule has 2 heteroatoms. The first-order chi connectivity index (χ1) is 13.4. The van der Waals surface area contributed by atoms with E-state index >= 15 is 0 Å². The third-order valence-corrected chi connectivity index (χ3v) is 5.53. The predicted octanol–water partition coefficient (Wildman–Crippen LogP) is 8.55. The van der Waals surface area contributed by atoms with Crippen LogP contribution in [-0.4, -0.2) is 11.7 Å². The molecule has 0 unspecified atom stereocenters. The summed E-state index contributed by atoms with van der Waals surface area (Å²) in [6, 6.07) is 5.45. The lowest BCUT2D eigenvalue weighted by molar-refractivity contribution is 0.295. The summed E-state index contributed by atoms with van der Waals surface area (Å²) >= 11 is 0. The second-order valence-electron chi connectivity index (χ2n) is 9.38. The molecule has 0 radical (unpaired) electrons. The summed E-state index contributed by atoms with van der Waals surface area (Å²) in [5.41, 5.74) is 1.06. The van der Waals surface area contributed by atoms with Crippen molar-refractivity contribution in [1.29, 1.82) is 0 Å². The van der Waals surface area contributed by atoms with E-state index in [1.807, 2.05) is 12.1 Å². The molecule has 2 nitrogen and oxygen atoms in total. The molecule has 28 heavy (non-hydrogen) atoms. The second kappa shape index (κ2) is 14.8. The van der Waals surface area contributed by atoms with Crippen molar-refractivity contribution in [3.8, 4) is 11.5 Å². The molecule has 1 rings (SSSR count). The standard InChI is InChI=1S/C26H46O2/c1-5-6-7-8-9-10-11-12-13-14-15-16-17-18-21-28-25-20-19-23(27)22-24(25)26(2,3)4/h19-20,22,27H,5-18,21H2,1-4H3. The molecular formula is C26H46O2. The molecular weight excluding hydrogens is 344 g/mol. The fourth-order valence-electron chi connectivity index (χ4n) is 3.71. The molecule has 1 aromatic carbocycles. The highest BCUT2D eigenvalue weighted by molar-refractivity contribution is 5.43. The number of phenols is 1. The SMILES string of the molecule is CCCCCCCCCCCCCCCCOc1ccc(O)cc1C(C)(C)C. The van der Waals surface area contributed by atoms with E-state index in [2.05, 4.69) is 27.7 Å². The summed E-state index contributed by atoms with van der Waals surface area (Å²) in [6.45, 7) is 9.51. The Morgan fingerprint density at radius 1 is 0.714 bits per heavy atom. The maximum absolute atomic E-state index is 9.75. The molecule has 1 aromatic rings. The van der Waals surface area contributed by atoms with Crippen molar-refractivity contribution >= 4 is 0 Å². The van der Waals surface area contributed by atoms with Gasteiger partial charge in [0.1, 0.15) is 11.5 Å². The first-order valence-electron chi connectivity index (χ1n) is 11.9. The molecule has 0 saturated carbocycles. The van der Waals surface area contributed by atoms with Crippen molar-refractivity contribution in [3.63, 3.8) is 0 Å². The Bertz CT molecular complexity index is 502. The first-order valence-corrected chi connectivity index (χ1v) is 11.9. The molecule has 0 amide bonds. The van der Waals surface area contributed by atoms with Crippen LogP contribution in [0.5, 0.6) is 11.5 Å². The minimum atomic E-state index is -0.0242. The maximum atomic E-state index is 9.75. The summed E-state index contributed by atoms with van der Waals surface area (Å²) in [6.07, 6.45) is 19.2. The van der Waals surface area contributed by atoms with Gasteiger partial charge in [0.25, 0.3) is 0 Å². The van der Waals surface area contributed by atoms with Gasteiger partial charge in [-0.05, 0) is 30.0 Å². The van der Waals surface area contributed by atoms with Gasteiger partial charge in [-0.25, -0.2) is 0 Å². The van der Waals surface area contributed by atoms with E-state index in [0.717, 1.165) is 24.3 Å². The quantitative estimate of drug-likeness (QED) is 0.286. The van der Waals surface area contributed by atoms with Gasteiger partial charge in [-0.3, -0.25) is 0 Å². The van der Waals surface area contributed by atoms with Crippen LogP contribution in [0.15, 0.2) is 18.2 Å². The molecule has 0 aliphatic heterocycles. The van der Waals surface area contributed by atoms with Crippen LogP contribution >= 0.6 is 0 Å². The van der Waals surface area contributed by atoms with Gasteiger partial charge in [-0.1, -0.05) is 111 Å². The minimum Gasteiger partial charge on any atom is -0.508 e. The van der Waals surface area contributed by atoms with Gasteiger partial charge in [-0.2, -0.15) is 0 Å². The Hall–Kier alpha value is -1.18. The van der Waals surface area contributed by atoms with Gasteiger partial charge >= 0.3 is 0 Å². The Morgan fingerprint density at radius 3 is 1.64 bits per heavy atom. The molecule has 0 saturated heterocycles. The molecule has 1 N–H and O–H groups in total. The monoisotopic (exact) mass is 390 g/mol. The lowest BCUT2D eigenvalue weighted by Gasteiger charge is -2.23. The summed E-state index contributed by atoms with van der Waals surface area (Å²) in [4.78, 5) is 0. The topological polar surface area (TPSA) is 29.5 Å². The van der Waals surface area contributed by atoms with Crippen LogP contribution in [0, 0.1) is 0 Å². The molecule has 0 aliphatic carbocycles. The summed E-state index contributed by atoms with van der Waals surface area (Å²) in [5, 5.41) is 9.75. The largest absolute Gasteiger partial charge is 0.508 e. The second-order valence-corrected chi connectivity index (χ2v) is 9.38. The van der Waals surface area contributed by atoms with Crippen LogP contribution in [0.25, 0.3) is 0 Å². The van der Waals surface area contributed by atoms with Crippen LogP contribution in [-0.2, 0) is 5.41 Å². The minimum absolute atomic E-state index is 0.0242. The van der Waals surface area contributed by atoms with E-state index < -0.39 is 0 Å². The number of hydrogen-bond donors (Lipinski definition) is 1. The predicted molar refractivity (Wildman–Crippen MR) is 123 cm³/mol. The van der Waals surface area contributed by atoms with Gasteiger partial charge in [0.2, 0.25) is 0 Å². The van der Waals surface area contributed by atoms with E-state index in [1.54, 1.807) is 6.07 Å². The average Bonchev–Trinajstić information content (AvgIpc) is 2.65. The van der Waals surface area contributed by atoms with Crippen molar-refractivity contribution < 1.29 is 9.84 Å². The van der Waals surface area contributed by atoms with Crippen molar-refractivity contribution in [2.24, 2.45) is 0 Å². The summed E-state index contributed by atoms with van der Waals surface area (Å²) in [7, 11) is 0. The van der Waals surface area contributed by atoms with E-state index in [1.165, 1.54) is 83.5 Å². The zero-order valence-corrected chi connectivity index (χ0v) is 19.2. The zero-order chi connectivity index (χ0) is 20.7. The first kappa shape index (κ1) is 24.9. The summed E-state index contributed by atoms with van der Waals surface area (Å²) < 4.78 is 6.01. The van der Waals surface area contributed by atoms with Gasteiger partial charge < -0.3 is 9.84 Å². The molecule has 0 aliphatic rings. The van der Waals surface area contributed by atoms with E-state index in [-0.39, 0.29) is 5.41 Å². The number of ether oxygens (including phenoxy) is 1. The summed E-state index contributed by atoms with van der Waals surface area (Å²) in [5.74, 6) is 1.23. The fraction of sp³-hybridized carbons (Fsp3) is 0.769. The van der Waals surface area contributed by atoms with Crippen LogP contribution in [0.1, 0.15) is 123 Å². The highest BCUT2D eigenvalue weighted by atomic mass is 16.5. The van der Waals surface area contributed by atoms with Crippen LogP contribution in [0.2, 0.25) is 0 Å². The van der Waals surface area contributed by atoms with Crippen molar-refractivity contribution in [1.82, 2.24) is 0 Å². The number of unbranched alkanes of at least 4 members (excludes halogenated alkanes) is 13. The number of phenolic OH excluding ortho intramolecular Hbond substituents is 1. The molecule has 0 fully saturated rings. The third kappa shape index (κ3) is 11.6. The molecule has 162 valence electrons. The van der Waals surface area contributed by atoms with E-state index in [9.17, 15) is 5.11 Å². The van der Waals surface area contributed by atoms with Crippen molar-refractivity contribution in [3.05, 3.63) is 23.8 Å². The number of rotatable bonds is 16. The Balaban J connectivity index is 1.99. The highest BCUT2D eigenvalue weighted by Crippen LogP contribution is 2.34. The third-order valence-electron chi connectivity index (χ3n) is 5.53. The van der Waals surface area contributed by atoms with E-state index in [0.29, 0.717) is 5.75 Å². The lowest BCUT2D eigenvalue weighted by atomic mass is 9.86. The number of hydrogen-bond acceptors (Lipinski definition) is 2. The molecule has 0 bridgehead atoms. The maximum Gasteiger partial charge on any atom is 0.123 e. The molecule has 0 spiro atoms. The Kier molecular flexibility index (Phi) is 13.1. The van der Waals surface area contributed by atoms with Gasteiger partial charge in [-0.15, -0.1) is 0 Å². The Morgan fingerprint density at radius 2 is 1.18 bits per heavy atom. The number of benzene rings is 1. The molecule has 0 aromatic heterocycles. The Labute approximate surface area is 175 Å². The van der Waals surface area contributed by atoms with E-state index in [4.69, 9.17) is 4.74 Å². The van der Waals surface area contributed by atoms with Crippen LogP contribution in [0.4, 0.5) is 0 Å². The smallest absolute Gasteiger partial charge is 0.123 e. The zero-order valence-electron chi connectivity index (χ0n) is 19.2. The fourth-order valence-corrected chi connectivity index (χ4v) is 3.71. The number of aromatic hydroxyl groups is 1. The van der Waals surface area contributed by atoms with Gasteiger partial charge in [0, 0.05) is 5.56 Å². The average molecular weight is 391 g/mol.